The second-order valence-electron chi connectivity index (χ2n) is 6.37. The Morgan fingerprint density at radius 1 is 1.12 bits per heavy atom. The number of aryl methyl sites for hydroxylation is 1. The van der Waals surface area contributed by atoms with Crippen LogP contribution < -0.4 is 10.2 Å². The van der Waals surface area contributed by atoms with Crippen LogP contribution in [0.5, 0.6) is 0 Å². The fraction of sp³-hybridized carbons (Fsp3) is 0.250. The Bertz CT molecular complexity index is 827. The van der Waals surface area contributed by atoms with Crippen molar-refractivity contribution in [3.8, 4) is 0 Å². The summed E-state index contributed by atoms with van der Waals surface area (Å²) in [4.78, 5) is 37.9. The van der Waals surface area contributed by atoms with Gasteiger partial charge in [0.1, 0.15) is 0 Å². The maximum Gasteiger partial charge on any atom is 0.229 e. The van der Waals surface area contributed by atoms with E-state index >= 15 is 0 Å². The van der Waals surface area contributed by atoms with Crippen molar-refractivity contribution in [1.29, 1.82) is 0 Å². The van der Waals surface area contributed by atoms with Crippen LogP contribution in [0.2, 0.25) is 0 Å². The number of carbonyl (C=O) groups is 3. The topological polar surface area (TPSA) is 66.5 Å². The van der Waals surface area contributed by atoms with Crippen molar-refractivity contribution in [3.05, 3.63) is 59.7 Å². The Hall–Kier alpha value is -2.95. The van der Waals surface area contributed by atoms with Crippen LogP contribution in [0, 0.1) is 12.8 Å². The highest BCUT2D eigenvalue weighted by Crippen LogP contribution is 2.26. The molecule has 128 valence electrons. The van der Waals surface area contributed by atoms with E-state index in [1.165, 1.54) is 6.92 Å². The molecule has 25 heavy (non-hydrogen) atoms. The summed E-state index contributed by atoms with van der Waals surface area (Å²) in [6.07, 6.45) is 0.187. The van der Waals surface area contributed by atoms with Crippen molar-refractivity contribution in [2.24, 2.45) is 5.92 Å². The van der Waals surface area contributed by atoms with Crippen LogP contribution in [0.4, 0.5) is 11.4 Å². The third kappa shape index (κ3) is 3.76. The van der Waals surface area contributed by atoms with Gasteiger partial charge < -0.3 is 10.2 Å². The quantitative estimate of drug-likeness (QED) is 0.872. The third-order valence-corrected chi connectivity index (χ3v) is 4.38. The predicted molar refractivity (Wildman–Crippen MR) is 96.7 cm³/mol. The second kappa shape index (κ2) is 6.89. The van der Waals surface area contributed by atoms with E-state index < -0.39 is 5.92 Å². The number of nitrogens with one attached hydrogen (secondary N) is 1. The van der Waals surface area contributed by atoms with Gasteiger partial charge in [0.2, 0.25) is 11.8 Å². The number of benzene rings is 2. The highest BCUT2D eigenvalue weighted by molar-refractivity contribution is 6.04. The van der Waals surface area contributed by atoms with Crippen LogP contribution in [-0.2, 0) is 9.59 Å². The van der Waals surface area contributed by atoms with Crippen molar-refractivity contribution in [2.45, 2.75) is 20.3 Å². The number of carbonyl (C=O) groups excluding carboxylic acids is 3. The first kappa shape index (κ1) is 16.9. The Kier molecular flexibility index (Phi) is 4.65. The SMILES string of the molecule is CC(=O)c1cccc(NC(=O)C2CC(=O)N(c3ccc(C)cc3)C2)c1. The number of ketones is 1. The van der Waals surface area contributed by atoms with Crippen LogP contribution >= 0.6 is 0 Å². The maximum atomic E-state index is 12.5. The van der Waals surface area contributed by atoms with E-state index in [0.29, 0.717) is 17.8 Å². The lowest BCUT2D eigenvalue weighted by Crippen LogP contribution is -2.28. The predicted octanol–water partition coefficient (Wildman–Crippen LogP) is 3.19. The van der Waals surface area contributed by atoms with Gasteiger partial charge in [-0.25, -0.2) is 0 Å². The molecule has 0 aliphatic carbocycles. The van der Waals surface area contributed by atoms with E-state index in [4.69, 9.17) is 0 Å². The number of nitrogens with zero attached hydrogens (tertiary/aromatic N) is 1. The fourth-order valence-electron chi connectivity index (χ4n) is 2.92. The summed E-state index contributed by atoms with van der Waals surface area (Å²) in [5, 5.41) is 2.81. The summed E-state index contributed by atoms with van der Waals surface area (Å²) >= 11 is 0. The van der Waals surface area contributed by atoms with Gasteiger partial charge in [-0.3, -0.25) is 14.4 Å². The molecular formula is C20H20N2O3. The van der Waals surface area contributed by atoms with Gasteiger partial charge in [-0.2, -0.15) is 0 Å². The number of hydrogen-bond donors (Lipinski definition) is 1. The first-order valence-corrected chi connectivity index (χ1v) is 8.23. The Balaban J connectivity index is 1.69. The number of amides is 2. The van der Waals surface area contributed by atoms with Gasteiger partial charge >= 0.3 is 0 Å². The van der Waals surface area contributed by atoms with Gasteiger partial charge in [-0.05, 0) is 38.1 Å². The van der Waals surface area contributed by atoms with Crippen molar-refractivity contribution in [1.82, 2.24) is 0 Å². The molecular weight excluding hydrogens is 316 g/mol. The number of anilines is 2. The largest absolute Gasteiger partial charge is 0.326 e. The zero-order valence-corrected chi connectivity index (χ0v) is 14.3. The molecule has 5 heteroatoms. The number of rotatable bonds is 4. The summed E-state index contributed by atoms with van der Waals surface area (Å²) in [5.41, 5.74) is 3.04. The molecule has 1 saturated heterocycles. The molecule has 0 saturated carbocycles. The number of Topliss-reactive ketones (excluding diaryl/α,β-unsaturated/α-hetero) is 1. The molecule has 1 unspecified atom stereocenters. The first-order valence-electron chi connectivity index (χ1n) is 8.23. The zero-order chi connectivity index (χ0) is 18.0. The van der Waals surface area contributed by atoms with Crippen LogP contribution in [0.3, 0.4) is 0 Å². The average Bonchev–Trinajstić information content (AvgIpc) is 2.98. The molecule has 1 heterocycles. The Morgan fingerprint density at radius 2 is 1.84 bits per heavy atom. The van der Waals surface area contributed by atoms with Crippen molar-refractivity contribution in [3.63, 3.8) is 0 Å². The minimum Gasteiger partial charge on any atom is -0.326 e. The normalized spacial score (nSPS) is 16.8. The summed E-state index contributed by atoms with van der Waals surface area (Å²) in [7, 11) is 0. The molecule has 1 atom stereocenters. The standard InChI is InChI=1S/C20H20N2O3/c1-13-6-8-18(9-7-13)22-12-16(11-19(22)24)20(25)21-17-5-3-4-15(10-17)14(2)23/h3-10,16H,11-12H2,1-2H3,(H,21,25). The molecule has 3 rings (SSSR count). The molecule has 2 aromatic rings. The van der Waals surface area contributed by atoms with Crippen LogP contribution in [0.25, 0.3) is 0 Å². The van der Waals surface area contributed by atoms with Crippen molar-refractivity contribution >= 4 is 29.0 Å². The monoisotopic (exact) mass is 336 g/mol. The lowest BCUT2D eigenvalue weighted by Gasteiger charge is -2.17. The van der Waals surface area contributed by atoms with Gasteiger partial charge in [0, 0.05) is 29.9 Å². The highest BCUT2D eigenvalue weighted by Gasteiger charge is 2.35. The minimum absolute atomic E-state index is 0.0542. The fourth-order valence-corrected chi connectivity index (χ4v) is 2.92. The Morgan fingerprint density at radius 3 is 2.52 bits per heavy atom. The van der Waals surface area contributed by atoms with E-state index in [0.717, 1.165) is 11.3 Å². The molecule has 5 nitrogen and oxygen atoms in total. The summed E-state index contributed by atoms with van der Waals surface area (Å²) in [6, 6.07) is 14.5. The van der Waals surface area contributed by atoms with Crippen molar-refractivity contribution < 1.29 is 14.4 Å². The summed E-state index contributed by atoms with van der Waals surface area (Å²) in [5.74, 6) is -0.724. The van der Waals surface area contributed by atoms with E-state index in [2.05, 4.69) is 5.32 Å². The van der Waals surface area contributed by atoms with Gasteiger partial charge in [-0.15, -0.1) is 0 Å². The van der Waals surface area contributed by atoms with Gasteiger partial charge in [0.15, 0.2) is 5.78 Å². The smallest absolute Gasteiger partial charge is 0.229 e. The summed E-state index contributed by atoms with van der Waals surface area (Å²) < 4.78 is 0. The van der Waals surface area contributed by atoms with Crippen LogP contribution in [-0.4, -0.2) is 24.1 Å². The molecule has 0 spiro atoms. The zero-order valence-electron chi connectivity index (χ0n) is 14.3. The molecule has 0 radical (unpaired) electrons. The first-order chi connectivity index (χ1) is 11.9. The van der Waals surface area contributed by atoms with Gasteiger partial charge in [-0.1, -0.05) is 29.8 Å². The van der Waals surface area contributed by atoms with Crippen molar-refractivity contribution in [2.75, 3.05) is 16.8 Å². The van der Waals surface area contributed by atoms with E-state index in [1.807, 2.05) is 31.2 Å². The molecule has 2 amide bonds. The van der Waals surface area contributed by atoms with E-state index in [-0.39, 0.29) is 24.0 Å². The second-order valence-corrected chi connectivity index (χ2v) is 6.37. The molecule has 1 fully saturated rings. The third-order valence-electron chi connectivity index (χ3n) is 4.38. The molecule has 1 N–H and O–H groups in total. The molecule has 2 aromatic carbocycles. The highest BCUT2D eigenvalue weighted by atomic mass is 16.2. The number of hydrogen-bond acceptors (Lipinski definition) is 3. The van der Waals surface area contributed by atoms with E-state index in [1.54, 1.807) is 29.2 Å². The van der Waals surface area contributed by atoms with E-state index in [9.17, 15) is 14.4 Å². The Labute approximate surface area is 146 Å². The van der Waals surface area contributed by atoms with Gasteiger partial charge in [0.25, 0.3) is 0 Å². The maximum absolute atomic E-state index is 12.5. The molecule has 0 bridgehead atoms. The molecule has 1 aliphatic rings. The molecule has 1 aliphatic heterocycles. The summed E-state index contributed by atoms with van der Waals surface area (Å²) in [6.45, 7) is 3.83. The minimum atomic E-state index is -0.408. The lowest BCUT2D eigenvalue weighted by atomic mass is 10.1. The van der Waals surface area contributed by atoms with Gasteiger partial charge in [0.05, 0.1) is 5.92 Å². The van der Waals surface area contributed by atoms with Crippen LogP contribution in [0.15, 0.2) is 48.5 Å². The average molecular weight is 336 g/mol. The molecule has 0 aromatic heterocycles. The lowest BCUT2D eigenvalue weighted by molar-refractivity contribution is -0.122. The van der Waals surface area contributed by atoms with Crippen LogP contribution in [0.1, 0.15) is 29.3 Å².